The first-order valence-electron chi connectivity index (χ1n) is 9.68. The molecule has 2 aromatic heterocycles. The van der Waals surface area contributed by atoms with Gasteiger partial charge in [-0.1, -0.05) is 15.9 Å². The van der Waals surface area contributed by atoms with Crippen molar-refractivity contribution in [2.75, 3.05) is 38.2 Å². The van der Waals surface area contributed by atoms with Gasteiger partial charge in [0, 0.05) is 35.2 Å². The maximum Gasteiger partial charge on any atom is 0.272 e. The predicted molar refractivity (Wildman–Crippen MR) is 121 cm³/mol. The van der Waals surface area contributed by atoms with Gasteiger partial charge in [-0.3, -0.25) is 4.79 Å². The second-order valence-corrected chi connectivity index (χ2v) is 8.17. The molecule has 0 unspecified atom stereocenters. The number of aryl methyl sites for hydroxylation is 1. The summed E-state index contributed by atoms with van der Waals surface area (Å²) >= 11 is 3.58. The zero-order chi connectivity index (χ0) is 20.0. The number of hydrogen-bond acceptors (Lipinski definition) is 5. The van der Waals surface area contributed by atoms with Crippen LogP contribution in [0.1, 0.15) is 21.7 Å². The first kappa shape index (κ1) is 21.0. The molecule has 1 N–H and O–H groups in total. The molecule has 1 saturated heterocycles. The molecule has 0 saturated carbocycles. The van der Waals surface area contributed by atoms with Crippen molar-refractivity contribution >= 4 is 51.3 Å². The van der Waals surface area contributed by atoms with E-state index >= 15 is 0 Å². The highest BCUT2D eigenvalue weighted by Crippen LogP contribution is 2.38. The molecular weight excluding hydrogens is 472 g/mol. The monoisotopic (exact) mass is 492 g/mol. The number of nitrogens with zero attached hydrogens (tertiary/aromatic N) is 3. The van der Waals surface area contributed by atoms with Crippen LogP contribution < -0.4 is 10.1 Å². The zero-order valence-electron chi connectivity index (χ0n) is 16.5. The molecule has 7 nitrogen and oxygen atoms in total. The van der Waals surface area contributed by atoms with E-state index in [1.54, 1.807) is 6.20 Å². The molecule has 3 aromatic rings. The normalized spacial score (nSPS) is 15.5. The van der Waals surface area contributed by atoms with Crippen LogP contribution in [-0.2, 0) is 11.2 Å². The van der Waals surface area contributed by atoms with Crippen molar-refractivity contribution in [3.05, 3.63) is 51.9 Å². The molecule has 9 heteroatoms. The van der Waals surface area contributed by atoms with Gasteiger partial charge in [-0.15, -0.1) is 12.4 Å². The Hall–Kier alpha value is -2.29. The molecule has 1 aromatic carbocycles. The van der Waals surface area contributed by atoms with Gasteiger partial charge >= 0.3 is 0 Å². The summed E-state index contributed by atoms with van der Waals surface area (Å²) < 4.78 is 14.2. The molecule has 2 aliphatic rings. The highest BCUT2D eigenvalue weighted by Gasteiger charge is 2.24. The van der Waals surface area contributed by atoms with Crippen LogP contribution in [0.5, 0.6) is 5.75 Å². The van der Waals surface area contributed by atoms with Crippen LogP contribution in [0.25, 0.3) is 5.52 Å². The van der Waals surface area contributed by atoms with Gasteiger partial charge in [0.15, 0.2) is 5.82 Å². The molecule has 1 fully saturated rings. The fraction of sp³-hybridized carbons (Fsp3) is 0.333. The third kappa shape index (κ3) is 3.64. The number of amides is 1. The smallest absolute Gasteiger partial charge is 0.272 e. The van der Waals surface area contributed by atoms with Crippen LogP contribution in [0.15, 0.2) is 34.9 Å². The minimum absolute atomic E-state index is 0. The average molecular weight is 494 g/mol. The summed E-state index contributed by atoms with van der Waals surface area (Å²) in [6, 6.07) is 8.06. The highest BCUT2D eigenvalue weighted by molar-refractivity contribution is 9.10. The van der Waals surface area contributed by atoms with Crippen molar-refractivity contribution in [3.63, 3.8) is 0 Å². The van der Waals surface area contributed by atoms with Crippen molar-refractivity contribution < 1.29 is 14.3 Å². The largest absolute Gasteiger partial charge is 0.491 e. The first-order chi connectivity index (χ1) is 14.1. The van der Waals surface area contributed by atoms with Gasteiger partial charge in [0.25, 0.3) is 5.91 Å². The van der Waals surface area contributed by atoms with Crippen LogP contribution in [-0.4, -0.2) is 53.1 Å². The molecule has 0 bridgehead atoms. The van der Waals surface area contributed by atoms with E-state index in [1.807, 2.05) is 34.4 Å². The fourth-order valence-electron chi connectivity index (χ4n) is 3.96. The molecule has 1 amide bonds. The molecule has 4 heterocycles. The van der Waals surface area contributed by atoms with E-state index in [2.05, 4.69) is 32.3 Å². The summed E-state index contributed by atoms with van der Waals surface area (Å²) in [5, 5.41) is 3.42. The van der Waals surface area contributed by atoms with Gasteiger partial charge in [-0.25, -0.2) is 4.98 Å². The number of anilines is 2. The highest BCUT2D eigenvalue weighted by atomic mass is 79.9. The van der Waals surface area contributed by atoms with Gasteiger partial charge in [0.1, 0.15) is 11.4 Å². The Morgan fingerprint density at radius 1 is 1.20 bits per heavy atom. The van der Waals surface area contributed by atoms with Gasteiger partial charge in [0.05, 0.1) is 37.2 Å². The standard InChI is InChI=1S/C21H21BrN4O3.ClH/c1-13-2-3-17-20(24-16-11-15(22)10-14-4-7-29-19(14)16)23-12-18(26(13)17)21(27)25-5-8-28-9-6-25;/h2-3,10-12H,4-9H2,1H3,(H,23,24);1H. The number of fused-ring (bicyclic) bond motifs is 2. The summed E-state index contributed by atoms with van der Waals surface area (Å²) in [5.74, 6) is 1.53. The summed E-state index contributed by atoms with van der Waals surface area (Å²) in [7, 11) is 0. The van der Waals surface area contributed by atoms with Crippen LogP contribution in [0.3, 0.4) is 0 Å². The minimum Gasteiger partial charge on any atom is -0.491 e. The molecule has 0 radical (unpaired) electrons. The summed E-state index contributed by atoms with van der Waals surface area (Å²) in [4.78, 5) is 19.5. The summed E-state index contributed by atoms with van der Waals surface area (Å²) in [6.07, 6.45) is 2.54. The third-order valence-electron chi connectivity index (χ3n) is 5.39. The van der Waals surface area contributed by atoms with Gasteiger partial charge < -0.3 is 24.1 Å². The Balaban J connectivity index is 0.00000218. The molecule has 158 valence electrons. The maximum atomic E-state index is 13.1. The molecule has 0 spiro atoms. The number of morpholine rings is 1. The van der Waals surface area contributed by atoms with Crippen molar-refractivity contribution in [1.29, 1.82) is 0 Å². The molecular formula is C21H22BrClN4O3. The number of nitrogens with one attached hydrogen (secondary N) is 1. The number of ether oxygens (including phenoxy) is 2. The lowest BCUT2D eigenvalue weighted by atomic mass is 10.1. The van der Waals surface area contributed by atoms with E-state index in [0.29, 0.717) is 44.4 Å². The maximum absolute atomic E-state index is 13.1. The van der Waals surface area contributed by atoms with E-state index in [4.69, 9.17) is 9.47 Å². The first-order valence-corrected chi connectivity index (χ1v) is 10.5. The third-order valence-corrected chi connectivity index (χ3v) is 5.85. The molecule has 30 heavy (non-hydrogen) atoms. The lowest BCUT2D eigenvalue weighted by Gasteiger charge is -2.27. The predicted octanol–water partition coefficient (Wildman–Crippen LogP) is 3.98. The van der Waals surface area contributed by atoms with Gasteiger partial charge in [0.2, 0.25) is 0 Å². The lowest BCUT2D eigenvalue weighted by Crippen LogP contribution is -2.41. The lowest BCUT2D eigenvalue weighted by molar-refractivity contribution is 0.0297. The van der Waals surface area contributed by atoms with Crippen LogP contribution in [0.2, 0.25) is 0 Å². The van der Waals surface area contributed by atoms with E-state index in [1.165, 1.54) is 5.56 Å². The van der Waals surface area contributed by atoms with E-state index in [9.17, 15) is 4.79 Å². The fourth-order valence-corrected chi connectivity index (χ4v) is 4.46. The number of halogens is 2. The van der Waals surface area contributed by atoms with Crippen LogP contribution in [0.4, 0.5) is 11.5 Å². The number of carbonyl (C=O) groups is 1. The molecule has 2 aliphatic heterocycles. The Morgan fingerprint density at radius 2 is 2.00 bits per heavy atom. The zero-order valence-corrected chi connectivity index (χ0v) is 18.9. The van der Waals surface area contributed by atoms with Gasteiger partial charge in [-0.2, -0.15) is 0 Å². The number of hydrogen-bond donors (Lipinski definition) is 1. The average Bonchev–Trinajstić information content (AvgIpc) is 3.36. The SMILES string of the molecule is Cc1ccc2c(Nc3cc(Br)cc4c3OCC4)ncc(C(=O)N3CCOCC3)n12.Cl. The summed E-state index contributed by atoms with van der Waals surface area (Å²) in [5.41, 5.74) is 4.44. The topological polar surface area (TPSA) is 68.1 Å². The number of rotatable bonds is 3. The van der Waals surface area contributed by atoms with Crippen LogP contribution >= 0.6 is 28.3 Å². The Kier molecular flexibility index (Phi) is 5.90. The Bertz CT molecular complexity index is 1110. The minimum atomic E-state index is -0.0247. The molecule has 0 atom stereocenters. The number of aromatic nitrogens is 2. The van der Waals surface area contributed by atoms with Crippen molar-refractivity contribution in [2.45, 2.75) is 13.3 Å². The molecule has 0 aliphatic carbocycles. The van der Waals surface area contributed by atoms with E-state index in [0.717, 1.165) is 33.5 Å². The van der Waals surface area contributed by atoms with Crippen molar-refractivity contribution in [2.24, 2.45) is 0 Å². The number of carbonyl (C=O) groups excluding carboxylic acids is 1. The second-order valence-electron chi connectivity index (χ2n) is 7.26. The Labute approximate surface area is 188 Å². The number of benzene rings is 1. The molecule has 5 rings (SSSR count). The van der Waals surface area contributed by atoms with Crippen molar-refractivity contribution in [1.82, 2.24) is 14.3 Å². The van der Waals surface area contributed by atoms with E-state index in [-0.39, 0.29) is 18.3 Å². The Morgan fingerprint density at radius 3 is 2.80 bits per heavy atom. The van der Waals surface area contributed by atoms with Gasteiger partial charge in [-0.05, 0) is 31.2 Å². The van der Waals surface area contributed by atoms with Crippen molar-refractivity contribution in [3.8, 4) is 5.75 Å². The van der Waals surface area contributed by atoms with E-state index < -0.39 is 0 Å². The van der Waals surface area contributed by atoms with Crippen LogP contribution in [0, 0.1) is 6.92 Å². The summed E-state index contributed by atoms with van der Waals surface area (Å²) in [6.45, 7) is 5.01. The quantitative estimate of drug-likeness (QED) is 0.598. The second kappa shape index (κ2) is 8.45.